The van der Waals surface area contributed by atoms with E-state index < -0.39 is 4.92 Å². The molecule has 1 aliphatic heterocycles. The smallest absolute Gasteiger partial charge is 0.311 e. The van der Waals surface area contributed by atoms with E-state index >= 15 is 0 Å². The van der Waals surface area contributed by atoms with Crippen LogP contribution in [0.15, 0.2) is 58.5 Å². The number of nitrogens with zero attached hydrogens (tertiary/aromatic N) is 4. The molecular weight excluding hydrogens is 418 g/mol. The molecule has 1 aromatic heterocycles. The fourth-order valence-corrected chi connectivity index (χ4v) is 4.51. The number of carbonyl (C=O) groups excluding carboxylic acids is 1. The van der Waals surface area contributed by atoms with Crippen molar-refractivity contribution in [1.29, 1.82) is 0 Å². The first-order chi connectivity index (χ1) is 15.0. The molecule has 1 N–H and O–H groups in total. The largest absolute Gasteiger partial charge is 0.343 e. The number of benzene rings is 2. The number of hydrogen-bond donors (Lipinski definition) is 1. The summed E-state index contributed by atoms with van der Waals surface area (Å²) >= 11 is 1.21. The lowest BCUT2D eigenvalue weighted by molar-refractivity contribution is -0.384. The van der Waals surface area contributed by atoms with Gasteiger partial charge in [-0.3, -0.25) is 19.5 Å². The van der Waals surface area contributed by atoms with Gasteiger partial charge in [-0.1, -0.05) is 42.1 Å². The van der Waals surface area contributed by atoms with Gasteiger partial charge >= 0.3 is 5.69 Å². The van der Waals surface area contributed by atoms with Crippen molar-refractivity contribution in [2.75, 3.05) is 17.2 Å². The van der Waals surface area contributed by atoms with Crippen molar-refractivity contribution in [2.24, 2.45) is 0 Å². The quantitative estimate of drug-likeness (QED) is 0.344. The van der Waals surface area contributed by atoms with Crippen LogP contribution in [0.1, 0.15) is 17.5 Å². The number of carbonyl (C=O) groups is 1. The van der Waals surface area contributed by atoms with E-state index in [0.29, 0.717) is 36.8 Å². The Kier molecular flexibility index (Phi) is 6.17. The monoisotopic (exact) mass is 439 g/mol. The summed E-state index contributed by atoms with van der Waals surface area (Å²) in [5, 5.41) is 18.0. The van der Waals surface area contributed by atoms with Crippen molar-refractivity contribution in [3.63, 3.8) is 0 Å². The topological polar surface area (TPSA) is 114 Å². The van der Waals surface area contributed by atoms with Crippen LogP contribution < -0.4 is 10.6 Å². The summed E-state index contributed by atoms with van der Waals surface area (Å²) in [5.74, 6) is -0.00338. The molecule has 160 valence electrons. The van der Waals surface area contributed by atoms with Crippen LogP contribution in [-0.4, -0.2) is 37.9 Å². The third-order valence-corrected chi connectivity index (χ3v) is 6.17. The Morgan fingerprint density at radius 1 is 1.23 bits per heavy atom. The highest BCUT2D eigenvalue weighted by Gasteiger charge is 2.25. The second kappa shape index (κ2) is 9.17. The number of anilines is 1. The molecule has 1 amide bonds. The summed E-state index contributed by atoms with van der Waals surface area (Å²) in [7, 11) is 0. The first kappa shape index (κ1) is 20.9. The highest BCUT2D eigenvalue weighted by Crippen LogP contribution is 2.31. The minimum Gasteiger partial charge on any atom is -0.311 e. The molecule has 9 nitrogen and oxygen atoms in total. The number of fused-ring (bicyclic) bond motifs is 1. The average molecular weight is 439 g/mol. The molecule has 0 atom stereocenters. The maximum absolute atomic E-state index is 12.9. The molecule has 0 saturated heterocycles. The number of amides is 1. The Bertz CT molecular complexity index is 1160. The molecule has 1 aliphatic rings. The summed E-state index contributed by atoms with van der Waals surface area (Å²) in [6.07, 6.45) is 2.13. The number of nitrogens with one attached hydrogen (secondary N) is 1. The van der Waals surface area contributed by atoms with Gasteiger partial charge < -0.3 is 4.90 Å². The van der Waals surface area contributed by atoms with Crippen LogP contribution in [0, 0.1) is 10.1 Å². The minimum atomic E-state index is -0.427. The lowest BCUT2D eigenvalue weighted by Crippen LogP contribution is -2.36. The molecule has 2 heterocycles. The molecule has 0 fully saturated rings. The fourth-order valence-electron chi connectivity index (χ4n) is 3.66. The van der Waals surface area contributed by atoms with Crippen LogP contribution in [-0.2, 0) is 24.2 Å². The Morgan fingerprint density at radius 3 is 2.81 bits per heavy atom. The van der Waals surface area contributed by atoms with Gasteiger partial charge in [-0.2, -0.15) is 0 Å². The molecule has 0 unspecified atom stereocenters. The third-order valence-electron chi connectivity index (χ3n) is 5.21. The molecule has 0 bridgehead atoms. The van der Waals surface area contributed by atoms with E-state index in [4.69, 9.17) is 0 Å². The highest BCUT2D eigenvalue weighted by atomic mass is 32.2. The number of aromatic nitrogens is 3. The maximum atomic E-state index is 12.9. The SMILES string of the molecule is O=C(CSc1n[nH]c(=O)n1CCc1ccccc1)N1CCCc2cc([N+](=O)[O-])ccc21. The van der Waals surface area contributed by atoms with E-state index in [1.807, 2.05) is 30.3 Å². The summed E-state index contributed by atoms with van der Waals surface area (Å²) in [6, 6.07) is 14.4. The lowest BCUT2D eigenvalue weighted by atomic mass is 10.0. The molecule has 0 saturated carbocycles. The minimum absolute atomic E-state index is 0.0291. The maximum Gasteiger partial charge on any atom is 0.343 e. The molecule has 4 rings (SSSR count). The molecule has 2 aromatic carbocycles. The van der Waals surface area contributed by atoms with E-state index in [-0.39, 0.29) is 23.0 Å². The molecule has 10 heteroatoms. The van der Waals surface area contributed by atoms with E-state index in [0.717, 1.165) is 17.5 Å². The van der Waals surface area contributed by atoms with Gasteiger partial charge in [0, 0.05) is 30.9 Å². The van der Waals surface area contributed by atoms with Gasteiger partial charge in [0.25, 0.3) is 5.69 Å². The molecule has 31 heavy (non-hydrogen) atoms. The summed E-state index contributed by atoms with van der Waals surface area (Å²) in [4.78, 5) is 37.3. The predicted molar refractivity (Wildman–Crippen MR) is 117 cm³/mol. The third kappa shape index (κ3) is 4.69. The number of H-pyrrole nitrogens is 1. The van der Waals surface area contributed by atoms with Crippen molar-refractivity contribution in [1.82, 2.24) is 14.8 Å². The van der Waals surface area contributed by atoms with E-state index in [1.165, 1.54) is 23.9 Å². The number of aryl methyl sites for hydroxylation is 2. The van der Waals surface area contributed by atoms with E-state index in [1.54, 1.807) is 15.5 Å². The van der Waals surface area contributed by atoms with Crippen LogP contribution in [0.5, 0.6) is 0 Å². The highest BCUT2D eigenvalue weighted by molar-refractivity contribution is 7.99. The van der Waals surface area contributed by atoms with Gasteiger partial charge in [0.1, 0.15) is 0 Å². The Hall–Kier alpha value is -3.40. The van der Waals surface area contributed by atoms with Crippen LogP contribution >= 0.6 is 11.8 Å². The summed E-state index contributed by atoms with van der Waals surface area (Å²) < 4.78 is 1.54. The second-order valence-corrected chi connectivity index (χ2v) is 8.15. The number of aromatic amines is 1. The number of rotatable bonds is 7. The van der Waals surface area contributed by atoms with Gasteiger partial charge in [-0.25, -0.2) is 9.89 Å². The van der Waals surface area contributed by atoms with Crippen molar-refractivity contribution < 1.29 is 9.72 Å². The Labute approximate surface area is 182 Å². The predicted octanol–water partition coefficient (Wildman–Crippen LogP) is 2.79. The first-order valence-corrected chi connectivity index (χ1v) is 10.9. The van der Waals surface area contributed by atoms with Gasteiger partial charge in [0.05, 0.1) is 10.7 Å². The van der Waals surface area contributed by atoms with Gasteiger partial charge in [0.15, 0.2) is 5.16 Å². The van der Waals surface area contributed by atoms with Gasteiger partial charge in [-0.15, -0.1) is 5.10 Å². The lowest BCUT2D eigenvalue weighted by Gasteiger charge is -2.29. The van der Waals surface area contributed by atoms with Crippen LogP contribution in [0.25, 0.3) is 0 Å². The first-order valence-electron chi connectivity index (χ1n) is 9.92. The number of nitro benzene ring substituents is 1. The zero-order chi connectivity index (χ0) is 21.8. The summed E-state index contributed by atoms with van der Waals surface area (Å²) in [6.45, 7) is 1.03. The molecular formula is C21H21N5O4S. The molecule has 0 spiro atoms. The Morgan fingerprint density at radius 2 is 2.03 bits per heavy atom. The number of hydrogen-bond acceptors (Lipinski definition) is 6. The van der Waals surface area contributed by atoms with Gasteiger partial charge in [0.2, 0.25) is 5.91 Å². The van der Waals surface area contributed by atoms with E-state index in [2.05, 4.69) is 10.2 Å². The molecule has 0 aliphatic carbocycles. The Balaban J connectivity index is 1.43. The molecule has 3 aromatic rings. The second-order valence-electron chi connectivity index (χ2n) is 7.21. The zero-order valence-electron chi connectivity index (χ0n) is 16.7. The summed E-state index contributed by atoms with van der Waals surface area (Å²) in [5.41, 5.74) is 2.36. The van der Waals surface area contributed by atoms with Crippen molar-refractivity contribution in [3.8, 4) is 0 Å². The van der Waals surface area contributed by atoms with Crippen molar-refractivity contribution in [3.05, 3.63) is 80.3 Å². The van der Waals surface area contributed by atoms with Crippen LogP contribution in [0.2, 0.25) is 0 Å². The van der Waals surface area contributed by atoms with E-state index in [9.17, 15) is 19.7 Å². The van der Waals surface area contributed by atoms with Gasteiger partial charge in [-0.05, 0) is 36.5 Å². The van der Waals surface area contributed by atoms with Crippen molar-refractivity contribution >= 4 is 29.0 Å². The standard InChI is InChI=1S/C21H21N5O4S/c27-19(24-11-4-7-16-13-17(26(29)30)8-9-18(16)24)14-31-21-23-22-20(28)25(21)12-10-15-5-2-1-3-6-15/h1-3,5-6,8-9,13H,4,7,10-12,14H2,(H,22,28). The normalized spacial score (nSPS) is 13.1. The van der Waals surface area contributed by atoms with Crippen LogP contribution in [0.3, 0.4) is 0 Å². The fraction of sp³-hybridized carbons (Fsp3) is 0.286. The number of thioether (sulfide) groups is 1. The number of nitro groups is 1. The van der Waals surface area contributed by atoms with Crippen molar-refractivity contribution in [2.45, 2.75) is 31.0 Å². The average Bonchev–Trinajstić information content (AvgIpc) is 3.15. The number of non-ortho nitro benzene ring substituents is 1. The molecule has 0 radical (unpaired) electrons. The zero-order valence-corrected chi connectivity index (χ0v) is 17.5. The van der Waals surface area contributed by atoms with Crippen LogP contribution in [0.4, 0.5) is 11.4 Å².